The molecule has 148 valence electrons. The zero-order valence-corrected chi connectivity index (χ0v) is 16.8. The summed E-state index contributed by atoms with van der Waals surface area (Å²) in [5.41, 5.74) is 1.14. The van der Waals surface area contributed by atoms with E-state index in [-0.39, 0.29) is 12.5 Å². The molecule has 27 heavy (non-hydrogen) atoms. The summed E-state index contributed by atoms with van der Waals surface area (Å²) in [6, 6.07) is 9.13. The molecule has 0 aromatic heterocycles. The smallest absolute Gasteiger partial charge is 0.338 e. The fourth-order valence-corrected chi connectivity index (χ4v) is 3.45. The van der Waals surface area contributed by atoms with Gasteiger partial charge in [-0.25, -0.2) is 4.79 Å². The molecule has 0 spiro atoms. The first-order chi connectivity index (χ1) is 13.1. The molecule has 2 rings (SSSR count). The molecule has 2 N–H and O–H groups in total. The van der Waals surface area contributed by atoms with Gasteiger partial charge in [0.2, 0.25) is 5.91 Å². The molecular weight excluding hydrogens is 388 g/mol. The third-order valence-electron chi connectivity index (χ3n) is 3.71. The summed E-state index contributed by atoms with van der Waals surface area (Å²) in [5, 5.41) is 5.40. The van der Waals surface area contributed by atoms with Gasteiger partial charge in [0.05, 0.1) is 6.61 Å². The minimum absolute atomic E-state index is 0.220. The molecule has 1 saturated heterocycles. The van der Waals surface area contributed by atoms with Gasteiger partial charge in [-0.3, -0.25) is 9.59 Å². The molecule has 0 radical (unpaired) electrons. The third-order valence-corrected chi connectivity index (χ3v) is 5.04. The van der Waals surface area contributed by atoms with Crippen molar-refractivity contribution in [3.8, 4) is 0 Å². The Morgan fingerprint density at radius 2 is 2.00 bits per heavy atom. The molecule has 9 heteroatoms. The lowest BCUT2D eigenvalue weighted by molar-refractivity contribution is -0.144. The molecule has 0 unspecified atom stereocenters. The number of hydrogen-bond acceptors (Lipinski definition) is 7. The molecule has 1 heterocycles. The summed E-state index contributed by atoms with van der Waals surface area (Å²) in [6.07, 6.45) is -1.79. The average Bonchev–Trinajstić information content (AvgIpc) is 3.47. The van der Waals surface area contributed by atoms with E-state index in [2.05, 4.69) is 23.3 Å². The van der Waals surface area contributed by atoms with Gasteiger partial charge < -0.3 is 20.1 Å². The van der Waals surface area contributed by atoms with E-state index >= 15 is 0 Å². The van der Waals surface area contributed by atoms with Crippen molar-refractivity contribution in [3.05, 3.63) is 35.9 Å². The molecular formula is C18H24N2O5S2. The maximum absolute atomic E-state index is 12.3. The Morgan fingerprint density at radius 3 is 2.67 bits per heavy atom. The van der Waals surface area contributed by atoms with E-state index in [0.29, 0.717) is 18.1 Å². The number of benzene rings is 1. The second-order valence-corrected chi connectivity index (χ2v) is 7.28. The largest absolute Gasteiger partial charge is 0.464 e. The Balaban J connectivity index is 1.87. The number of thioether (sulfide) groups is 1. The van der Waals surface area contributed by atoms with Gasteiger partial charge in [0.25, 0.3) is 5.91 Å². The topological polar surface area (TPSA) is 97.0 Å². The second kappa shape index (κ2) is 11.2. The van der Waals surface area contributed by atoms with Gasteiger partial charge in [-0.15, -0.1) is 0 Å². The zero-order valence-electron chi connectivity index (χ0n) is 15.1. The van der Waals surface area contributed by atoms with Crippen LogP contribution < -0.4 is 10.6 Å². The van der Waals surface area contributed by atoms with Crippen molar-refractivity contribution in [3.63, 3.8) is 0 Å². The Labute approximate surface area is 168 Å². The number of nitrogens with one attached hydrogen (secondary N) is 2. The number of hydrogen-bond donors (Lipinski definition) is 3. The lowest BCUT2D eigenvalue weighted by Gasteiger charge is -2.17. The minimum atomic E-state index is -0.900. The maximum Gasteiger partial charge on any atom is 0.338 e. The molecule has 1 aromatic carbocycles. The Kier molecular flexibility index (Phi) is 8.96. The van der Waals surface area contributed by atoms with Crippen molar-refractivity contribution < 1.29 is 23.9 Å². The summed E-state index contributed by atoms with van der Waals surface area (Å²) in [6.45, 7) is 2.31. The minimum Gasteiger partial charge on any atom is -0.464 e. The number of amides is 2. The summed E-state index contributed by atoms with van der Waals surface area (Å²) < 4.78 is 9.92. The lowest BCUT2D eigenvalue weighted by Crippen LogP contribution is -2.50. The molecule has 1 aliphatic rings. The van der Waals surface area contributed by atoms with E-state index < -0.39 is 30.1 Å². The van der Waals surface area contributed by atoms with Crippen LogP contribution in [0.5, 0.6) is 0 Å². The third kappa shape index (κ3) is 7.08. The van der Waals surface area contributed by atoms with Crippen LogP contribution in [0, 0.1) is 0 Å². The van der Waals surface area contributed by atoms with E-state index in [9.17, 15) is 14.4 Å². The Morgan fingerprint density at radius 1 is 1.26 bits per heavy atom. The predicted molar refractivity (Wildman–Crippen MR) is 107 cm³/mol. The molecule has 1 fully saturated rings. The second-order valence-electron chi connectivity index (χ2n) is 5.81. The standard InChI is InChI=1S/C18H24N2O5S2/c1-2-24-18(23)15-14(25-15)17(22)20-13(16(21)19-8-9-26)11-27-10-12-6-4-3-5-7-12/h3-7,13-15,26H,2,8-11H2,1H3,(H,19,21)(H,20,22)/t13-,14-,15-/m0/s1. The first-order valence-corrected chi connectivity index (χ1v) is 10.5. The summed E-state index contributed by atoms with van der Waals surface area (Å²) in [5.74, 6) is 0.284. The molecule has 2 amide bonds. The van der Waals surface area contributed by atoms with Gasteiger partial charge in [0.1, 0.15) is 6.04 Å². The van der Waals surface area contributed by atoms with E-state index in [0.717, 1.165) is 11.3 Å². The van der Waals surface area contributed by atoms with Crippen LogP contribution in [-0.2, 0) is 29.6 Å². The quantitative estimate of drug-likeness (QED) is 0.282. The van der Waals surface area contributed by atoms with Crippen molar-refractivity contribution in [1.82, 2.24) is 10.6 Å². The van der Waals surface area contributed by atoms with Gasteiger partial charge in [0.15, 0.2) is 12.2 Å². The van der Waals surface area contributed by atoms with Crippen LogP contribution in [0.15, 0.2) is 30.3 Å². The molecule has 3 atom stereocenters. The lowest BCUT2D eigenvalue weighted by atomic mass is 10.2. The van der Waals surface area contributed by atoms with E-state index in [1.807, 2.05) is 30.3 Å². The number of carbonyl (C=O) groups excluding carboxylic acids is 3. The SMILES string of the molecule is CCOC(=O)[C@H]1O[C@@H]1C(=O)N[C@@H](CSCc1ccccc1)C(=O)NCCS. The van der Waals surface area contributed by atoms with Crippen molar-refractivity contribution in [2.45, 2.75) is 30.9 Å². The highest BCUT2D eigenvalue weighted by Gasteiger charge is 2.52. The highest BCUT2D eigenvalue weighted by molar-refractivity contribution is 7.98. The zero-order chi connectivity index (χ0) is 19.6. The highest BCUT2D eigenvalue weighted by atomic mass is 32.2. The van der Waals surface area contributed by atoms with Crippen molar-refractivity contribution in [1.29, 1.82) is 0 Å². The molecule has 1 aliphatic heterocycles. The van der Waals surface area contributed by atoms with Gasteiger partial charge in [0, 0.05) is 23.8 Å². The Bertz CT molecular complexity index is 644. The number of epoxide rings is 1. The number of rotatable bonds is 11. The molecule has 0 bridgehead atoms. The van der Waals surface area contributed by atoms with Crippen LogP contribution in [0.3, 0.4) is 0 Å². The van der Waals surface area contributed by atoms with Crippen molar-refractivity contribution in [2.24, 2.45) is 0 Å². The molecule has 0 aliphatic carbocycles. The van der Waals surface area contributed by atoms with E-state index in [1.165, 1.54) is 11.8 Å². The first-order valence-electron chi connectivity index (χ1n) is 8.69. The summed E-state index contributed by atoms with van der Waals surface area (Å²) in [4.78, 5) is 36.2. The fraction of sp³-hybridized carbons (Fsp3) is 0.500. The van der Waals surface area contributed by atoms with Gasteiger partial charge in [-0.05, 0) is 12.5 Å². The number of carbonyl (C=O) groups is 3. The highest BCUT2D eigenvalue weighted by Crippen LogP contribution is 2.24. The normalized spacial score (nSPS) is 19.0. The van der Waals surface area contributed by atoms with Crippen LogP contribution in [0.2, 0.25) is 0 Å². The monoisotopic (exact) mass is 412 g/mol. The summed E-state index contributed by atoms with van der Waals surface area (Å²) in [7, 11) is 0. The summed E-state index contributed by atoms with van der Waals surface area (Å²) >= 11 is 5.61. The van der Waals surface area contributed by atoms with E-state index in [1.54, 1.807) is 6.92 Å². The molecule has 0 saturated carbocycles. The molecule has 7 nitrogen and oxygen atoms in total. The van der Waals surface area contributed by atoms with Gasteiger partial charge in [-0.2, -0.15) is 24.4 Å². The first kappa shape index (κ1) is 21.6. The number of ether oxygens (including phenoxy) is 2. The van der Waals surface area contributed by atoms with Crippen LogP contribution in [0.4, 0.5) is 0 Å². The van der Waals surface area contributed by atoms with Crippen LogP contribution >= 0.6 is 24.4 Å². The maximum atomic E-state index is 12.3. The Hall–Kier alpha value is -1.71. The van der Waals surface area contributed by atoms with Crippen molar-refractivity contribution in [2.75, 3.05) is 24.7 Å². The van der Waals surface area contributed by atoms with Gasteiger partial charge >= 0.3 is 5.97 Å². The van der Waals surface area contributed by atoms with Crippen LogP contribution in [0.1, 0.15) is 12.5 Å². The van der Waals surface area contributed by atoms with Crippen molar-refractivity contribution >= 4 is 42.2 Å². The number of thiol groups is 1. The number of esters is 1. The van der Waals surface area contributed by atoms with E-state index in [4.69, 9.17) is 9.47 Å². The van der Waals surface area contributed by atoms with Crippen LogP contribution in [-0.4, -0.2) is 60.7 Å². The predicted octanol–water partition coefficient (Wildman–Crippen LogP) is 0.781. The fourth-order valence-electron chi connectivity index (χ4n) is 2.32. The molecule has 1 aromatic rings. The van der Waals surface area contributed by atoms with Crippen LogP contribution in [0.25, 0.3) is 0 Å². The van der Waals surface area contributed by atoms with Gasteiger partial charge in [-0.1, -0.05) is 30.3 Å². The average molecular weight is 413 g/mol.